The smallest absolute Gasteiger partial charge is 0.0555 e. The summed E-state index contributed by atoms with van der Waals surface area (Å²) in [6.07, 6.45) is 0. The molecule has 0 unspecified atom stereocenters. The molecular formula is C55H39NS. The van der Waals surface area contributed by atoms with E-state index in [-0.39, 0.29) is 5.41 Å². The predicted octanol–water partition coefficient (Wildman–Crippen LogP) is 16.0. The van der Waals surface area contributed by atoms with Gasteiger partial charge in [-0.1, -0.05) is 166 Å². The van der Waals surface area contributed by atoms with Crippen LogP contribution in [0.3, 0.4) is 0 Å². The summed E-state index contributed by atoms with van der Waals surface area (Å²) in [5, 5.41) is 5.08. The summed E-state index contributed by atoms with van der Waals surface area (Å²) in [7, 11) is 0. The average Bonchev–Trinajstić information content (AvgIpc) is 3.76. The molecule has 0 N–H and O–H groups in total. The molecule has 270 valence electrons. The summed E-state index contributed by atoms with van der Waals surface area (Å²) in [6.45, 7) is 4.71. The van der Waals surface area contributed by atoms with Crippen LogP contribution in [0.4, 0.5) is 17.1 Å². The monoisotopic (exact) mass is 745 g/mol. The van der Waals surface area contributed by atoms with Gasteiger partial charge >= 0.3 is 0 Å². The Hall–Kier alpha value is -6.74. The molecular weight excluding hydrogens is 707 g/mol. The Balaban J connectivity index is 1.07. The molecule has 9 aromatic carbocycles. The summed E-state index contributed by atoms with van der Waals surface area (Å²) < 4.78 is 2.58. The first-order chi connectivity index (χ1) is 28.0. The minimum Gasteiger partial charge on any atom is -0.309 e. The molecule has 11 rings (SSSR count). The highest BCUT2D eigenvalue weighted by Gasteiger charge is 2.35. The Morgan fingerprint density at radius 3 is 1.86 bits per heavy atom. The molecule has 0 saturated carbocycles. The van der Waals surface area contributed by atoms with Crippen LogP contribution >= 0.6 is 11.3 Å². The Kier molecular flexibility index (Phi) is 7.77. The third-order valence-corrected chi connectivity index (χ3v) is 13.2. The summed E-state index contributed by atoms with van der Waals surface area (Å²) in [5.74, 6) is 0. The minimum atomic E-state index is -0.0463. The molecule has 1 heterocycles. The van der Waals surface area contributed by atoms with Crippen molar-refractivity contribution < 1.29 is 0 Å². The molecule has 0 amide bonds. The molecule has 1 nitrogen and oxygen atoms in total. The van der Waals surface area contributed by atoms with E-state index in [1.807, 2.05) is 11.3 Å². The van der Waals surface area contributed by atoms with Crippen molar-refractivity contribution in [2.45, 2.75) is 19.3 Å². The predicted molar refractivity (Wildman–Crippen MR) is 245 cm³/mol. The lowest BCUT2D eigenvalue weighted by Gasteiger charge is -2.29. The van der Waals surface area contributed by atoms with Gasteiger partial charge in [-0.15, -0.1) is 11.3 Å². The number of para-hydroxylation sites is 1. The molecule has 1 aliphatic rings. The second-order valence-corrected chi connectivity index (χ2v) is 16.8. The van der Waals surface area contributed by atoms with Crippen LogP contribution in [-0.2, 0) is 5.41 Å². The van der Waals surface area contributed by atoms with E-state index in [9.17, 15) is 0 Å². The first-order valence-electron chi connectivity index (χ1n) is 19.8. The van der Waals surface area contributed by atoms with Gasteiger partial charge in [0, 0.05) is 36.8 Å². The van der Waals surface area contributed by atoms with Gasteiger partial charge in [0.15, 0.2) is 0 Å². The number of anilines is 3. The number of thiophene rings is 1. The van der Waals surface area contributed by atoms with Crippen molar-refractivity contribution in [3.8, 4) is 44.5 Å². The molecule has 0 aliphatic heterocycles. The molecule has 0 saturated heterocycles. The number of fused-ring (bicyclic) bond motifs is 7. The fraction of sp³-hybridized carbons (Fsp3) is 0.0545. The van der Waals surface area contributed by atoms with E-state index in [0.29, 0.717) is 0 Å². The van der Waals surface area contributed by atoms with Gasteiger partial charge < -0.3 is 4.90 Å². The number of hydrogen-bond acceptors (Lipinski definition) is 2. The van der Waals surface area contributed by atoms with Crippen molar-refractivity contribution in [1.82, 2.24) is 0 Å². The standard InChI is InChI=1S/C55H39NS/c1-55(2)48-23-8-5-20-45(48)46-33-30-38(35-49(46)55)36-28-31-41(32-29-36)56(51-25-13-27-53-54(51)47-21-7-10-26-52(47)57-53)50-24-9-6-19-44(50)40-17-11-16-39(34-40)43-22-12-15-37-14-3-4-18-42(37)43/h3-35H,1-2H3. The van der Waals surface area contributed by atoms with E-state index in [4.69, 9.17) is 0 Å². The van der Waals surface area contributed by atoms with Crippen LogP contribution in [0.2, 0.25) is 0 Å². The molecule has 1 aliphatic carbocycles. The van der Waals surface area contributed by atoms with Crippen LogP contribution in [0.1, 0.15) is 25.0 Å². The number of hydrogen-bond donors (Lipinski definition) is 0. The van der Waals surface area contributed by atoms with Crippen LogP contribution < -0.4 is 4.90 Å². The zero-order chi connectivity index (χ0) is 38.1. The van der Waals surface area contributed by atoms with Crippen molar-refractivity contribution >= 4 is 59.3 Å². The van der Waals surface area contributed by atoms with Crippen molar-refractivity contribution in [3.05, 3.63) is 211 Å². The Bertz CT molecular complexity index is 3160. The van der Waals surface area contributed by atoms with Crippen LogP contribution in [0.15, 0.2) is 200 Å². The van der Waals surface area contributed by atoms with Gasteiger partial charge in [0.2, 0.25) is 0 Å². The number of benzene rings is 9. The number of nitrogens with zero attached hydrogens (tertiary/aromatic N) is 1. The van der Waals surface area contributed by atoms with Crippen molar-refractivity contribution in [2.75, 3.05) is 4.90 Å². The topological polar surface area (TPSA) is 3.24 Å². The van der Waals surface area contributed by atoms with Gasteiger partial charge in [-0.25, -0.2) is 0 Å². The van der Waals surface area contributed by atoms with Gasteiger partial charge in [-0.3, -0.25) is 0 Å². The highest BCUT2D eigenvalue weighted by atomic mass is 32.1. The molecule has 10 aromatic rings. The average molecular weight is 746 g/mol. The molecule has 2 heteroatoms. The molecule has 0 fully saturated rings. The maximum absolute atomic E-state index is 2.48. The summed E-state index contributed by atoms with van der Waals surface area (Å²) in [6, 6.07) is 73.9. The van der Waals surface area contributed by atoms with Gasteiger partial charge in [0.1, 0.15) is 0 Å². The van der Waals surface area contributed by atoms with E-state index in [1.165, 1.54) is 92.3 Å². The van der Waals surface area contributed by atoms with Gasteiger partial charge in [0.25, 0.3) is 0 Å². The van der Waals surface area contributed by atoms with Gasteiger partial charge in [-0.05, 0) is 109 Å². The van der Waals surface area contributed by atoms with E-state index in [2.05, 4.69) is 219 Å². The molecule has 0 bridgehead atoms. The minimum absolute atomic E-state index is 0.0463. The SMILES string of the molecule is CC1(C)c2ccccc2-c2ccc(-c3ccc(N(c4ccccc4-c4cccc(-c5cccc6ccccc56)c4)c4cccc5sc6ccccc6c45)cc3)cc21. The van der Waals surface area contributed by atoms with E-state index in [1.54, 1.807) is 0 Å². The molecule has 57 heavy (non-hydrogen) atoms. The Morgan fingerprint density at radius 1 is 0.386 bits per heavy atom. The molecule has 0 atom stereocenters. The van der Waals surface area contributed by atoms with Crippen molar-refractivity contribution in [1.29, 1.82) is 0 Å². The van der Waals surface area contributed by atoms with Crippen LogP contribution in [0.5, 0.6) is 0 Å². The Labute approximate surface area is 337 Å². The molecule has 0 radical (unpaired) electrons. The Morgan fingerprint density at radius 2 is 0.982 bits per heavy atom. The quantitative estimate of drug-likeness (QED) is 0.164. The summed E-state index contributed by atoms with van der Waals surface area (Å²) in [4.78, 5) is 2.48. The van der Waals surface area contributed by atoms with Crippen LogP contribution in [0, 0.1) is 0 Å². The lowest BCUT2D eigenvalue weighted by Crippen LogP contribution is -2.14. The van der Waals surface area contributed by atoms with Gasteiger partial charge in [-0.2, -0.15) is 0 Å². The molecule has 0 spiro atoms. The zero-order valence-corrected chi connectivity index (χ0v) is 32.7. The maximum atomic E-state index is 2.48. The third-order valence-electron chi connectivity index (χ3n) is 12.1. The first kappa shape index (κ1) is 33.6. The lowest BCUT2D eigenvalue weighted by molar-refractivity contribution is 0.660. The second kappa shape index (κ2) is 13.2. The van der Waals surface area contributed by atoms with Crippen LogP contribution in [-0.4, -0.2) is 0 Å². The van der Waals surface area contributed by atoms with E-state index >= 15 is 0 Å². The van der Waals surface area contributed by atoms with Gasteiger partial charge in [0.05, 0.1) is 11.4 Å². The summed E-state index contributed by atoms with van der Waals surface area (Å²) >= 11 is 1.86. The number of rotatable bonds is 6. The first-order valence-corrected chi connectivity index (χ1v) is 20.6. The lowest BCUT2D eigenvalue weighted by atomic mass is 9.81. The normalized spacial score (nSPS) is 12.9. The van der Waals surface area contributed by atoms with E-state index < -0.39 is 0 Å². The zero-order valence-electron chi connectivity index (χ0n) is 31.9. The molecule has 1 aromatic heterocycles. The third kappa shape index (κ3) is 5.44. The van der Waals surface area contributed by atoms with E-state index in [0.717, 1.165) is 11.4 Å². The fourth-order valence-corrected chi connectivity index (χ4v) is 10.4. The maximum Gasteiger partial charge on any atom is 0.0555 e. The second-order valence-electron chi connectivity index (χ2n) is 15.7. The highest BCUT2D eigenvalue weighted by Crippen LogP contribution is 2.51. The largest absolute Gasteiger partial charge is 0.309 e. The van der Waals surface area contributed by atoms with Crippen LogP contribution in [0.25, 0.3) is 75.5 Å². The van der Waals surface area contributed by atoms with Crippen molar-refractivity contribution in [3.63, 3.8) is 0 Å². The summed E-state index contributed by atoms with van der Waals surface area (Å²) in [5.41, 5.74) is 16.1. The van der Waals surface area contributed by atoms with Crippen molar-refractivity contribution in [2.24, 2.45) is 0 Å². The highest BCUT2D eigenvalue weighted by molar-refractivity contribution is 7.26. The fourth-order valence-electron chi connectivity index (χ4n) is 9.28.